The quantitative estimate of drug-likeness (QED) is 0.557. The predicted molar refractivity (Wildman–Crippen MR) is 68.2 cm³/mol. The third kappa shape index (κ3) is 3.33. The molecular formula is C14H23N. The smallest absolute Gasteiger partial charge is 0.0302 e. The van der Waals surface area contributed by atoms with Crippen molar-refractivity contribution in [2.24, 2.45) is 15.8 Å². The number of allylic oxidation sites excluding steroid dienone is 3. The molecule has 0 saturated carbocycles. The van der Waals surface area contributed by atoms with Crippen LogP contribution in [0.15, 0.2) is 28.4 Å². The van der Waals surface area contributed by atoms with Gasteiger partial charge in [-0.3, -0.25) is 4.99 Å². The summed E-state index contributed by atoms with van der Waals surface area (Å²) < 4.78 is 0. The average molecular weight is 205 g/mol. The van der Waals surface area contributed by atoms with Crippen molar-refractivity contribution in [1.29, 1.82) is 0 Å². The van der Waals surface area contributed by atoms with E-state index in [1.807, 2.05) is 12.4 Å². The first-order valence-corrected chi connectivity index (χ1v) is 5.64. The maximum atomic E-state index is 4.41. The molecule has 0 aromatic heterocycles. The van der Waals surface area contributed by atoms with Gasteiger partial charge in [0.1, 0.15) is 0 Å². The Bertz CT molecular complexity index is 316. The number of hydrogen-bond acceptors (Lipinski definition) is 1. The van der Waals surface area contributed by atoms with E-state index in [0.29, 0.717) is 0 Å². The molecule has 1 rings (SSSR count). The molecule has 15 heavy (non-hydrogen) atoms. The molecular weight excluding hydrogens is 182 g/mol. The Morgan fingerprint density at radius 3 is 2.07 bits per heavy atom. The van der Waals surface area contributed by atoms with E-state index in [0.717, 1.165) is 6.42 Å². The Kier molecular flexibility index (Phi) is 3.22. The highest BCUT2D eigenvalue weighted by molar-refractivity contribution is 5.81. The molecule has 0 amide bonds. The molecule has 1 heteroatoms. The average Bonchev–Trinajstić information content (AvgIpc) is 2.24. The molecule has 0 atom stereocenters. The summed E-state index contributed by atoms with van der Waals surface area (Å²) in [5.74, 6) is 0. The van der Waals surface area contributed by atoms with E-state index in [9.17, 15) is 0 Å². The molecule has 0 aromatic carbocycles. The first-order valence-electron chi connectivity index (χ1n) is 5.64. The lowest BCUT2D eigenvalue weighted by molar-refractivity contribution is 0.490. The molecule has 0 fully saturated rings. The topological polar surface area (TPSA) is 12.4 Å². The van der Waals surface area contributed by atoms with Gasteiger partial charge in [0.2, 0.25) is 0 Å². The normalized spacial score (nSPS) is 18.3. The zero-order valence-corrected chi connectivity index (χ0v) is 10.9. The van der Waals surface area contributed by atoms with Crippen LogP contribution in [-0.2, 0) is 0 Å². The van der Waals surface area contributed by atoms with E-state index in [1.54, 1.807) is 0 Å². The zero-order chi connectivity index (χ0) is 11.7. The minimum absolute atomic E-state index is 0.199. The van der Waals surface area contributed by atoms with Crippen molar-refractivity contribution >= 4 is 6.21 Å². The van der Waals surface area contributed by atoms with Crippen molar-refractivity contribution in [3.8, 4) is 0 Å². The summed E-state index contributed by atoms with van der Waals surface area (Å²) in [7, 11) is 0. The van der Waals surface area contributed by atoms with Crippen LogP contribution in [0.1, 0.15) is 48.0 Å². The van der Waals surface area contributed by atoms with Gasteiger partial charge in [0.15, 0.2) is 0 Å². The lowest BCUT2D eigenvalue weighted by Gasteiger charge is -2.22. The van der Waals surface area contributed by atoms with Gasteiger partial charge in [0.25, 0.3) is 0 Å². The zero-order valence-electron chi connectivity index (χ0n) is 10.9. The number of nitrogens with zero attached hydrogens (tertiary/aromatic N) is 1. The fourth-order valence-corrected chi connectivity index (χ4v) is 1.53. The van der Waals surface area contributed by atoms with Crippen molar-refractivity contribution < 1.29 is 0 Å². The minimum Gasteiger partial charge on any atom is -0.264 e. The summed E-state index contributed by atoms with van der Waals surface area (Å²) in [5.41, 5.74) is 3.15. The summed E-state index contributed by atoms with van der Waals surface area (Å²) in [6.45, 7) is 13.4. The first-order chi connectivity index (χ1) is 6.71. The second kappa shape index (κ2) is 3.96. The maximum absolute atomic E-state index is 4.41. The molecule has 0 aromatic rings. The third-order valence-electron chi connectivity index (χ3n) is 2.82. The molecule has 1 heterocycles. The van der Waals surface area contributed by atoms with Gasteiger partial charge < -0.3 is 0 Å². The van der Waals surface area contributed by atoms with Crippen LogP contribution in [0.4, 0.5) is 0 Å². The second-order valence-electron chi connectivity index (χ2n) is 6.30. The van der Waals surface area contributed by atoms with Crippen LogP contribution in [0.2, 0.25) is 0 Å². The standard InChI is InChI=1S/C14H23N/c1-13(2,3)11-7-8-12(10-15-9-11)14(4,5)6/h7,9-10H,8H2,1-6H3. The molecule has 0 N–H and O–H groups in total. The van der Waals surface area contributed by atoms with Crippen LogP contribution >= 0.6 is 0 Å². The van der Waals surface area contributed by atoms with Crippen LogP contribution in [0, 0.1) is 10.8 Å². The molecule has 0 spiro atoms. The highest BCUT2D eigenvalue weighted by atomic mass is 14.7. The fraction of sp³-hybridized carbons (Fsp3) is 0.643. The fourth-order valence-electron chi connectivity index (χ4n) is 1.53. The lowest BCUT2D eigenvalue weighted by atomic mass is 9.82. The van der Waals surface area contributed by atoms with E-state index in [1.165, 1.54) is 11.1 Å². The van der Waals surface area contributed by atoms with Gasteiger partial charge in [0, 0.05) is 12.4 Å². The van der Waals surface area contributed by atoms with Gasteiger partial charge in [-0.1, -0.05) is 47.6 Å². The molecule has 0 unspecified atom stereocenters. The molecule has 1 aliphatic heterocycles. The lowest BCUT2D eigenvalue weighted by Crippen LogP contribution is -2.11. The van der Waals surface area contributed by atoms with Crippen LogP contribution in [0.3, 0.4) is 0 Å². The van der Waals surface area contributed by atoms with Gasteiger partial charge in [-0.25, -0.2) is 0 Å². The van der Waals surface area contributed by atoms with Crippen molar-refractivity contribution in [2.75, 3.05) is 0 Å². The van der Waals surface area contributed by atoms with E-state index in [2.05, 4.69) is 52.6 Å². The molecule has 84 valence electrons. The van der Waals surface area contributed by atoms with Crippen LogP contribution < -0.4 is 0 Å². The van der Waals surface area contributed by atoms with Crippen LogP contribution in [0.5, 0.6) is 0 Å². The summed E-state index contributed by atoms with van der Waals surface area (Å²) in [4.78, 5) is 4.41. The van der Waals surface area contributed by atoms with Gasteiger partial charge in [0.05, 0.1) is 0 Å². The summed E-state index contributed by atoms with van der Waals surface area (Å²) in [5, 5.41) is 0. The Morgan fingerprint density at radius 1 is 1.00 bits per heavy atom. The van der Waals surface area contributed by atoms with Crippen molar-refractivity contribution in [3.05, 3.63) is 23.4 Å². The highest BCUT2D eigenvalue weighted by Crippen LogP contribution is 2.32. The van der Waals surface area contributed by atoms with Crippen molar-refractivity contribution in [1.82, 2.24) is 0 Å². The first kappa shape index (κ1) is 12.2. The predicted octanol–water partition coefficient (Wildman–Crippen LogP) is 4.36. The number of rotatable bonds is 0. The Balaban J connectivity index is 2.91. The Morgan fingerprint density at radius 2 is 1.60 bits per heavy atom. The monoisotopic (exact) mass is 205 g/mol. The third-order valence-corrected chi connectivity index (χ3v) is 2.82. The summed E-state index contributed by atoms with van der Waals surface area (Å²) in [6.07, 6.45) is 7.36. The molecule has 0 bridgehead atoms. The molecule has 0 saturated heterocycles. The minimum atomic E-state index is 0.199. The molecule has 0 radical (unpaired) electrons. The SMILES string of the molecule is CC(C)(C)C1=CCC(C(C)(C)C)=CN=C1. The number of hydrogen-bond donors (Lipinski definition) is 0. The van der Waals surface area contributed by atoms with E-state index in [4.69, 9.17) is 0 Å². The second-order valence-corrected chi connectivity index (χ2v) is 6.30. The molecule has 1 nitrogen and oxygen atoms in total. The van der Waals surface area contributed by atoms with Gasteiger partial charge in [-0.15, -0.1) is 0 Å². The van der Waals surface area contributed by atoms with Gasteiger partial charge in [-0.2, -0.15) is 0 Å². The van der Waals surface area contributed by atoms with E-state index >= 15 is 0 Å². The summed E-state index contributed by atoms with van der Waals surface area (Å²) in [6, 6.07) is 0. The van der Waals surface area contributed by atoms with E-state index in [-0.39, 0.29) is 10.8 Å². The van der Waals surface area contributed by atoms with E-state index < -0.39 is 0 Å². The number of aliphatic imine (C=N–C) groups is 1. The van der Waals surface area contributed by atoms with Crippen LogP contribution in [0.25, 0.3) is 0 Å². The maximum Gasteiger partial charge on any atom is 0.0302 e. The molecule has 0 aliphatic carbocycles. The Labute approximate surface area is 94.0 Å². The van der Waals surface area contributed by atoms with Crippen LogP contribution in [-0.4, -0.2) is 6.21 Å². The largest absolute Gasteiger partial charge is 0.264 e. The summed E-state index contributed by atoms with van der Waals surface area (Å²) >= 11 is 0. The van der Waals surface area contributed by atoms with Gasteiger partial charge in [-0.05, 0) is 28.4 Å². The van der Waals surface area contributed by atoms with Crippen molar-refractivity contribution in [2.45, 2.75) is 48.0 Å². The molecule has 1 aliphatic rings. The highest BCUT2D eigenvalue weighted by Gasteiger charge is 2.20. The Hall–Kier alpha value is -0.850. The van der Waals surface area contributed by atoms with Crippen molar-refractivity contribution in [3.63, 3.8) is 0 Å². The van der Waals surface area contributed by atoms with Gasteiger partial charge >= 0.3 is 0 Å².